The minimum atomic E-state index is 1.07. The van der Waals surface area contributed by atoms with Crippen LogP contribution in [0.2, 0.25) is 0 Å². The largest absolute Gasteiger partial charge is 0.310 e. The van der Waals surface area contributed by atoms with E-state index in [4.69, 9.17) is 0 Å². The molecule has 0 radical (unpaired) electrons. The van der Waals surface area contributed by atoms with Crippen LogP contribution in [0.15, 0.2) is 118 Å². The molecule has 0 saturated carbocycles. The Labute approximate surface area is 313 Å². The van der Waals surface area contributed by atoms with Gasteiger partial charge in [-0.3, -0.25) is 0 Å². The molecule has 0 N–H and O–H groups in total. The zero-order valence-electron chi connectivity index (χ0n) is 30.0. The number of nitrogens with zero attached hydrogens (tertiary/aromatic N) is 2. The molecule has 0 unspecified atom stereocenters. The van der Waals surface area contributed by atoms with Crippen molar-refractivity contribution in [1.29, 1.82) is 0 Å². The summed E-state index contributed by atoms with van der Waals surface area (Å²) in [7, 11) is 0. The molecule has 0 saturated heterocycles. The number of aryl methyl sites for hydroxylation is 8. The van der Waals surface area contributed by atoms with Crippen LogP contribution in [0.4, 0.5) is 34.1 Å². The molecule has 0 aromatic heterocycles. The number of hydrogen-bond donors (Lipinski definition) is 0. The summed E-state index contributed by atoms with van der Waals surface area (Å²) >= 11 is 7.30. The van der Waals surface area contributed by atoms with Gasteiger partial charge in [0.05, 0.1) is 11.4 Å². The minimum Gasteiger partial charge on any atom is -0.310 e. The molecule has 0 fully saturated rings. The van der Waals surface area contributed by atoms with Gasteiger partial charge < -0.3 is 9.80 Å². The van der Waals surface area contributed by atoms with Gasteiger partial charge in [-0.1, -0.05) is 79.4 Å². The van der Waals surface area contributed by atoms with Crippen molar-refractivity contribution in [2.24, 2.45) is 0 Å². The van der Waals surface area contributed by atoms with E-state index in [1.54, 1.807) is 0 Å². The lowest BCUT2D eigenvalue weighted by atomic mass is 9.91. The van der Waals surface area contributed by atoms with E-state index in [-0.39, 0.29) is 0 Å². The summed E-state index contributed by atoms with van der Waals surface area (Å²) in [6.07, 6.45) is 0. The maximum Gasteiger partial charge on any atom is 0.0520 e. The van der Waals surface area contributed by atoms with Crippen LogP contribution in [0.5, 0.6) is 0 Å². The molecule has 4 heteroatoms. The van der Waals surface area contributed by atoms with E-state index < -0.39 is 0 Å². The summed E-state index contributed by atoms with van der Waals surface area (Å²) in [5.74, 6) is 0. The second-order valence-electron chi connectivity index (χ2n) is 13.8. The highest BCUT2D eigenvalue weighted by molar-refractivity contribution is 9.10. The molecule has 0 amide bonds. The van der Waals surface area contributed by atoms with Gasteiger partial charge in [-0.05, 0) is 183 Å². The van der Waals surface area contributed by atoms with E-state index in [2.05, 4.69) is 206 Å². The highest BCUT2D eigenvalue weighted by atomic mass is 79.9. The molecular weight excluding hydrogens is 740 g/mol. The van der Waals surface area contributed by atoms with Crippen LogP contribution in [-0.2, 0) is 0 Å². The molecule has 250 valence electrons. The number of halogens is 2. The first kappa shape index (κ1) is 34.1. The van der Waals surface area contributed by atoms with Gasteiger partial charge in [-0.2, -0.15) is 0 Å². The fourth-order valence-corrected chi connectivity index (χ4v) is 8.41. The average Bonchev–Trinajstić information content (AvgIpc) is 3.07. The fraction of sp³-hybridized carbons (Fsp3) is 0.174. The minimum absolute atomic E-state index is 1.07. The lowest BCUT2D eigenvalue weighted by Crippen LogP contribution is -2.13. The topological polar surface area (TPSA) is 6.48 Å². The van der Waals surface area contributed by atoms with Gasteiger partial charge in [0.25, 0.3) is 0 Å². The Hall–Kier alpha value is -4.38. The molecule has 7 rings (SSSR count). The fourth-order valence-electron chi connectivity index (χ4n) is 7.88. The highest BCUT2D eigenvalue weighted by Crippen LogP contribution is 2.45. The van der Waals surface area contributed by atoms with Crippen LogP contribution in [0.25, 0.3) is 21.5 Å². The number of fused-ring (bicyclic) bond motifs is 3. The Kier molecular flexibility index (Phi) is 9.13. The summed E-state index contributed by atoms with van der Waals surface area (Å²) < 4.78 is 2.14. The maximum atomic E-state index is 3.65. The Morgan fingerprint density at radius 1 is 0.340 bits per heavy atom. The van der Waals surface area contributed by atoms with Gasteiger partial charge in [0.2, 0.25) is 0 Å². The SMILES string of the molecule is Cc1cc(C)c(N(c2ccc(Br)cc2)c2ccc3c(c2)c(C)c(C)c2cc(N(c4ccc(Br)cc4)c4c(C)cc(C)cc4C)ccc23)c(C)c1. The molecule has 0 aliphatic rings. The number of benzene rings is 7. The predicted molar refractivity (Wildman–Crippen MR) is 224 cm³/mol. The second kappa shape index (κ2) is 13.4. The van der Waals surface area contributed by atoms with E-state index in [1.165, 1.54) is 77.4 Å². The van der Waals surface area contributed by atoms with E-state index in [1.807, 2.05) is 0 Å². The quantitative estimate of drug-likeness (QED) is 0.155. The molecule has 50 heavy (non-hydrogen) atoms. The van der Waals surface area contributed by atoms with Gasteiger partial charge in [0.1, 0.15) is 0 Å². The Balaban J connectivity index is 1.43. The zero-order valence-corrected chi connectivity index (χ0v) is 33.2. The molecule has 7 aromatic carbocycles. The van der Waals surface area contributed by atoms with Crippen molar-refractivity contribution in [3.8, 4) is 0 Å². The molecule has 0 bridgehead atoms. The van der Waals surface area contributed by atoms with Crippen LogP contribution >= 0.6 is 31.9 Å². The van der Waals surface area contributed by atoms with Gasteiger partial charge in [-0.15, -0.1) is 0 Å². The van der Waals surface area contributed by atoms with Gasteiger partial charge >= 0.3 is 0 Å². The average molecular weight is 783 g/mol. The van der Waals surface area contributed by atoms with Crippen LogP contribution in [-0.4, -0.2) is 0 Å². The first-order chi connectivity index (χ1) is 23.9. The summed E-state index contributed by atoms with van der Waals surface area (Å²) in [6, 6.07) is 40.4. The van der Waals surface area contributed by atoms with Gasteiger partial charge in [0.15, 0.2) is 0 Å². The third kappa shape index (κ3) is 6.14. The van der Waals surface area contributed by atoms with Crippen molar-refractivity contribution >= 4 is 87.5 Å². The van der Waals surface area contributed by atoms with Crippen molar-refractivity contribution < 1.29 is 0 Å². The lowest BCUT2D eigenvalue weighted by Gasteiger charge is -2.30. The van der Waals surface area contributed by atoms with Crippen molar-refractivity contribution in [2.75, 3.05) is 9.80 Å². The standard InChI is InChI=1S/C46H42Br2N2/c1-27-21-29(3)45(30(4)22-27)49(37-13-9-35(47)10-14-37)39-17-19-41-42-20-18-40(26-44(42)34(8)33(7)43(41)25-39)50(38-15-11-36(48)12-16-38)46-31(5)23-28(2)24-32(46)6/h9-26H,1-8H3. The van der Waals surface area contributed by atoms with E-state index in [0.29, 0.717) is 0 Å². The van der Waals surface area contributed by atoms with Crippen LogP contribution in [0.1, 0.15) is 44.5 Å². The van der Waals surface area contributed by atoms with Gasteiger partial charge in [-0.25, -0.2) is 0 Å². The number of anilines is 6. The molecular formula is C46H42Br2N2. The molecule has 2 nitrogen and oxygen atoms in total. The molecule has 0 spiro atoms. The van der Waals surface area contributed by atoms with Crippen molar-refractivity contribution in [3.63, 3.8) is 0 Å². The molecule has 0 aliphatic carbocycles. The second-order valence-corrected chi connectivity index (χ2v) is 15.7. The first-order valence-electron chi connectivity index (χ1n) is 17.1. The number of rotatable bonds is 6. The lowest BCUT2D eigenvalue weighted by molar-refractivity contribution is 1.20. The predicted octanol–water partition coefficient (Wildman–Crippen LogP) is 14.9. The van der Waals surface area contributed by atoms with E-state index in [9.17, 15) is 0 Å². The highest BCUT2D eigenvalue weighted by Gasteiger charge is 2.21. The summed E-state index contributed by atoms with van der Waals surface area (Å²) in [4.78, 5) is 4.83. The smallest absolute Gasteiger partial charge is 0.0520 e. The van der Waals surface area contributed by atoms with Crippen molar-refractivity contribution in [3.05, 3.63) is 163 Å². The third-order valence-corrected chi connectivity index (χ3v) is 11.1. The Bertz CT molecular complexity index is 2210. The van der Waals surface area contributed by atoms with Crippen molar-refractivity contribution in [1.82, 2.24) is 0 Å². The number of hydrogen-bond acceptors (Lipinski definition) is 2. The maximum absolute atomic E-state index is 3.65. The van der Waals surface area contributed by atoms with Gasteiger partial charge in [0, 0.05) is 31.7 Å². The summed E-state index contributed by atoms with van der Waals surface area (Å²) in [5, 5.41) is 5.09. The summed E-state index contributed by atoms with van der Waals surface area (Å²) in [6.45, 7) is 17.8. The van der Waals surface area contributed by atoms with E-state index in [0.717, 1.165) is 31.7 Å². The third-order valence-electron chi connectivity index (χ3n) is 10.1. The van der Waals surface area contributed by atoms with E-state index >= 15 is 0 Å². The van der Waals surface area contributed by atoms with Crippen LogP contribution in [0, 0.1) is 55.4 Å². The normalized spacial score (nSPS) is 11.4. The van der Waals surface area contributed by atoms with Crippen LogP contribution in [0.3, 0.4) is 0 Å². The Morgan fingerprint density at radius 2 is 0.640 bits per heavy atom. The molecule has 0 heterocycles. The molecule has 0 aliphatic heterocycles. The molecule has 7 aromatic rings. The summed E-state index contributed by atoms with van der Waals surface area (Å²) in [5.41, 5.74) is 17.3. The monoisotopic (exact) mass is 780 g/mol. The van der Waals surface area contributed by atoms with Crippen LogP contribution < -0.4 is 9.80 Å². The first-order valence-corrected chi connectivity index (χ1v) is 18.7. The molecule has 0 atom stereocenters. The van der Waals surface area contributed by atoms with Crippen molar-refractivity contribution in [2.45, 2.75) is 55.4 Å². The zero-order chi connectivity index (χ0) is 35.4. The Morgan fingerprint density at radius 3 is 0.960 bits per heavy atom.